The number of halogens is 1. The highest BCUT2D eigenvalue weighted by atomic mass is 35.5. The molecule has 1 saturated heterocycles. The van der Waals surface area contributed by atoms with E-state index >= 15 is 0 Å². The van der Waals surface area contributed by atoms with Gasteiger partial charge in [0, 0.05) is 18.5 Å². The van der Waals surface area contributed by atoms with Gasteiger partial charge in [-0.05, 0) is 60.7 Å². The smallest absolute Gasteiger partial charge is 0.164 e. The number of piperidine rings is 1. The molecule has 3 aromatic carbocycles. The van der Waals surface area contributed by atoms with Crippen LogP contribution in [0.3, 0.4) is 0 Å². The van der Waals surface area contributed by atoms with E-state index in [4.69, 9.17) is 0 Å². The predicted octanol–water partition coefficient (Wildman–Crippen LogP) is 5.79. The normalized spacial score (nSPS) is 15.3. The van der Waals surface area contributed by atoms with Crippen LogP contribution in [0.1, 0.15) is 35.2 Å². The minimum Gasteiger partial charge on any atom is -0.303 e. The highest BCUT2D eigenvalue weighted by Gasteiger charge is 2.20. The van der Waals surface area contributed by atoms with Crippen LogP contribution in [0.25, 0.3) is 10.8 Å². The zero-order valence-corrected chi connectivity index (χ0v) is 17.0. The summed E-state index contributed by atoms with van der Waals surface area (Å²) >= 11 is 0. The number of carbonyl (C=O) groups excluding carboxylic acids is 1. The average molecular weight is 394 g/mol. The molecular formula is C25H28ClNO. The number of Topliss-reactive ketones (excluding diaryl/α,β-unsaturated/α-hetero) is 1. The first kappa shape index (κ1) is 20.6. The van der Waals surface area contributed by atoms with E-state index in [0.717, 1.165) is 36.5 Å². The van der Waals surface area contributed by atoms with Crippen LogP contribution < -0.4 is 0 Å². The quantitative estimate of drug-likeness (QED) is 0.494. The first-order valence-corrected chi connectivity index (χ1v) is 10.1. The van der Waals surface area contributed by atoms with Crippen LogP contribution in [-0.2, 0) is 6.42 Å². The molecule has 4 rings (SSSR count). The van der Waals surface area contributed by atoms with Gasteiger partial charge in [0.25, 0.3) is 0 Å². The number of carbonyl (C=O) groups is 1. The van der Waals surface area contributed by atoms with E-state index < -0.39 is 0 Å². The van der Waals surface area contributed by atoms with Gasteiger partial charge < -0.3 is 4.90 Å². The van der Waals surface area contributed by atoms with Crippen molar-refractivity contribution in [2.75, 3.05) is 19.6 Å². The van der Waals surface area contributed by atoms with Gasteiger partial charge in [0.2, 0.25) is 0 Å². The number of nitrogens with zero attached hydrogens (tertiary/aromatic N) is 1. The Morgan fingerprint density at radius 1 is 0.857 bits per heavy atom. The van der Waals surface area contributed by atoms with Crippen molar-refractivity contribution in [1.82, 2.24) is 4.90 Å². The third kappa shape index (κ3) is 5.21. The third-order valence-corrected chi connectivity index (χ3v) is 5.80. The topological polar surface area (TPSA) is 20.3 Å². The van der Waals surface area contributed by atoms with E-state index in [2.05, 4.69) is 53.4 Å². The molecule has 1 aliphatic rings. The molecule has 0 N–H and O–H groups in total. The second kappa shape index (κ2) is 9.86. The summed E-state index contributed by atoms with van der Waals surface area (Å²) < 4.78 is 0. The maximum atomic E-state index is 12.6. The molecular weight excluding hydrogens is 366 g/mol. The summed E-state index contributed by atoms with van der Waals surface area (Å²) in [6.07, 6.45) is 4.27. The summed E-state index contributed by atoms with van der Waals surface area (Å²) in [4.78, 5) is 15.1. The van der Waals surface area contributed by atoms with E-state index in [0.29, 0.717) is 6.42 Å². The lowest BCUT2D eigenvalue weighted by Gasteiger charge is -2.31. The lowest BCUT2D eigenvalue weighted by molar-refractivity contribution is 0.0951. The van der Waals surface area contributed by atoms with Crippen LogP contribution in [0.5, 0.6) is 0 Å². The molecule has 3 heteroatoms. The fourth-order valence-corrected chi connectivity index (χ4v) is 4.13. The first-order valence-electron chi connectivity index (χ1n) is 10.1. The van der Waals surface area contributed by atoms with Crippen LogP contribution in [0, 0.1) is 5.92 Å². The summed E-state index contributed by atoms with van der Waals surface area (Å²) in [6, 6.07) is 25.1. The Morgan fingerprint density at radius 3 is 2.29 bits per heavy atom. The molecule has 0 bridgehead atoms. The van der Waals surface area contributed by atoms with Crippen molar-refractivity contribution in [3.8, 4) is 0 Å². The second-order valence-electron chi connectivity index (χ2n) is 7.71. The summed E-state index contributed by atoms with van der Waals surface area (Å²) in [5.41, 5.74) is 2.29. The van der Waals surface area contributed by atoms with Crippen LogP contribution in [-0.4, -0.2) is 30.3 Å². The predicted molar refractivity (Wildman–Crippen MR) is 119 cm³/mol. The molecule has 0 saturated carbocycles. The van der Waals surface area contributed by atoms with E-state index in [-0.39, 0.29) is 18.2 Å². The Morgan fingerprint density at radius 2 is 1.54 bits per heavy atom. The fourth-order valence-electron chi connectivity index (χ4n) is 4.13. The maximum Gasteiger partial charge on any atom is 0.164 e. The highest BCUT2D eigenvalue weighted by molar-refractivity contribution is 6.00. The molecule has 0 radical (unpaired) electrons. The molecule has 0 spiro atoms. The van der Waals surface area contributed by atoms with Gasteiger partial charge in [-0.1, -0.05) is 66.7 Å². The van der Waals surface area contributed by atoms with Gasteiger partial charge in [-0.25, -0.2) is 0 Å². The minimum absolute atomic E-state index is 0. The van der Waals surface area contributed by atoms with Crippen LogP contribution in [0.15, 0.2) is 72.8 Å². The molecule has 1 aliphatic heterocycles. The summed E-state index contributed by atoms with van der Waals surface area (Å²) in [6.45, 7) is 3.11. The van der Waals surface area contributed by atoms with Crippen LogP contribution in [0.4, 0.5) is 0 Å². The van der Waals surface area contributed by atoms with E-state index in [9.17, 15) is 4.79 Å². The largest absolute Gasteiger partial charge is 0.303 e. The Balaban J connectivity index is 0.00000225. The molecule has 0 amide bonds. The van der Waals surface area contributed by atoms with Gasteiger partial charge >= 0.3 is 0 Å². The first-order chi connectivity index (χ1) is 13.3. The number of likely N-dealkylation sites (tertiary alicyclic amines) is 1. The molecule has 1 heterocycles. The average Bonchev–Trinajstić information content (AvgIpc) is 2.73. The number of ketones is 1. The molecule has 1 fully saturated rings. The molecule has 0 aromatic heterocycles. The van der Waals surface area contributed by atoms with Crippen molar-refractivity contribution in [2.24, 2.45) is 5.92 Å². The molecule has 3 aromatic rings. The number of benzene rings is 3. The van der Waals surface area contributed by atoms with Gasteiger partial charge in [-0.15, -0.1) is 12.4 Å². The molecule has 28 heavy (non-hydrogen) atoms. The molecule has 146 valence electrons. The number of hydrogen-bond donors (Lipinski definition) is 0. The van der Waals surface area contributed by atoms with Crippen molar-refractivity contribution < 1.29 is 4.79 Å². The second-order valence-corrected chi connectivity index (χ2v) is 7.71. The Hall–Kier alpha value is -2.16. The molecule has 0 aliphatic carbocycles. The van der Waals surface area contributed by atoms with Crippen LogP contribution >= 0.6 is 12.4 Å². The van der Waals surface area contributed by atoms with Gasteiger partial charge in [0.1, 0.15) is 0 Å². The van der Waals surface area contributed by atoms with E-state index in [1.807, 2.05) is 24.3 Å². The number of hydrogen-bond acceptors (Lipinski definition) is 2. The molecule has 2 nitrogen and oxygen atoms in total. The third-order valence-electron chi connectivity index (χ3n) is 5.80. The fraction of sp³-hybridized carbons (Fsp3) is 0.320. The van der Waals surface area contributed by atoms with Crippen molar-refractivity contribution >= 4 is 29.0 Å². The maximum absolute atomic E-state index is 12.6. The highest BCUT2D eigenvalue weighted by Crippen LogP contribution is 2.22. The van der Waals surface area contributed by atoms with Crippen molar-refractivity contribution in [2.45, 2.75) is 25.7 Å². The van der Waals surface area contributed by atoms with Crippen LogP contribution in [0.2, 0.25) is 0 Å². The standard InChI is InChI=1S/C25H27NO.ClH/c27-25(24-11-10-22-8-4-5-9-23(22)19-24)14-17-26-15-12-21(13-16-26)18-20-6-2-1-3-7-20;/h1-11,19,21H,12-18H2;1H. The van der Waals surface area contributed by atoms with Gasteiger partial charge in [0.05, 0.1) is 0 Å². The van der Waals surface area contributed by atoms with Gasteiger partial charge in [-0.2, -0.15) is 0 Å². The molecule has 0 unspecified atom stereocenters. The monoisotopic (exact) mass is 393 g/mol. The van der Waals surface area contributed by atoms with Crippen molar-refractivity contribution in [3.05, 3.63) is 83.9 Å². The van der Waals surface area contributed by atoms with E-state index in [1.54, 1.807) is 0 Å². The Kier molecular flexibility index (Phi) is 7.24. The summed E-state index contributed by atoms with van der Waals surface area (Å²) in [5, 5.41) is 2.33. The minimum atomic E-state index is 0. The number of fused-ring (bicyclic) bond motifs is 1. The van der Waals surface area contributed by atoms with E-state index in [1.165, 1.54) is 30.2 Å². The number of rotatable bonds is 6. The SMILES string of the molecule is Cl.O=C(CCN1CCC(Cc2ccccc2)CC1)c1ccc2ccccc2c1. The zero-order chi connectivity index (χ0) is 18.5. The zero-order valence-electron chi connectivity index (χ0n) is 16.2. The lowest BCUT2D eigenvalue weighted by atomic mass is 9.90. The lowest BCUT2D eigenvalue weighted by Crippen LogP contribution is -2.35. The van der Waals surface area contributed by atoms with Crippen molar-refractivity contribution in [3.63, 3.8) is 0 Å². The van der Waals surface area contributed by atoms with Gasteiger partial charge in [0.15, 0.2) is 5.78 Å². The summed E-state index contributed by atoms with van der Waals surface area (Å²) in [7, 11) is 0. The van der Waals surface area contributed by atoms with Crippen molar-refractivity contribution in [1.29, 1.82) is 0 Å². The Labute approximate surface area is 174 Å². The summed E-state index contributed by atoms with van der Waals surface area (Å²) in [5.74, 6) is 1.03. The van der Waals surface area contributed by atoms with Gasteiger partial charge in [-0.3, -0.25) is 4.79 Å². The molecule has 0 atom stereocenters. The Bertz CT molecular complexity index is 901.